The van der Waals surface area contributed by atoms with Crippen LogP contribution in [0.3, 0.4) is 0 Å². The molecule has 0 amide bonds. The number of aliphatic hydroxyl groups is 6. The Labute approximate surface area is 190 Å². The molecule has 0 saturated carbocycles. The summed E-state index contributed by atoms with van der Waals surface area (Å²) in [7, 11) is 1.40. The lowest BCUT2D eigenvalue weighted by Gasteiger charge is -2.42. The SMILES string of the molecule is COc1cc(CC#N)ccc1OC1OC(COC2OC(C)C(O)C(O)C2O)C(O)C(O)C1O. The van der Waals surface area contributed by atoms with Gasteiger partial charge in [-0.25, -0.2) is 0 Å². The van der Waals surface area contributed by atoms with Crippen molar-refractivity contribution in [3.63, 3.8) is 0 Å². The molecule has 12 heteroatoms. The summed E-state index contributed by atoms with van der Waals surface area (Å²) in [4.78, 5) is 0. The predicted molar refractivity (Wildman–Crippen MR) is 108 cm³/mol. The van der Waals surface area contributed by atoms with E-state index in [1.807, 2.05) is 6.07 Å². The molecule has 10 atom stereocenters. The number of nitriles is 1. The molecule has 0 radical (unpaired) electrons. The van der Waals surface area contributed by atoms with E-state index < -0.39 is 68.0 Å². The summed E-state index contributed by atoms with van der Waals surface area (Å²) in [5, 5.41) is 69.5. The van der Waals surface area contributed by atoms with E-state index in [4.69, 9.17) is 28.9 Å². The lowest BCUT2D eigenvalue weighted by Crippen LogP contribution is -2.61. The van der Waals surface area contributed by atoms with Gasteiger partial charge in [0.05, 0.1) is 32.3 Å². The first-order chi connectivity index (χ1) is 15.7. The van der Waals surface area contributed by atoms with Crippen molar-refractivity contribution in [2.45, 2.75) is 74.8 Å². The van der Waals surface area contributed by atoms with Gasteiger partial charge in [0.25, 0.3) is 0 Å². The van der Waals surface area contributed by atoms with Gasteiger partial charge in [0.15, 0.2) is 17.8 Å². The minimum absolute atomic E-state index is 0.156. The maximum atomic E-state index is 10.3. The summed E-state index contributed by atoms with van der Waals surface area (Å²) < 4.78 is 27.3. The smallest absolute Gasteiger partial charge is 0.229 e. The van der Waals surface area contributed by atoms with Crippen molar-refractivity contribution in [3.05, 3.63) is 23.8 Å². The fourth-order valence-corrected chi connectivity index (χ4v) is 3.63. The lowest BCUT2D eigenvalue weighted by molar-refractivity contribution is -0.318. The highest BCUT2D eigenvalue weighted by Gasteiger charge is 2.47. The van der Waals surface area contributed by atoms with Gasteiger partial charge in [0, 0.05) is 0 Å². The molecule has 12 nitrogen and oxygen atoms in total. The molecule has 0 bridgehead atoms. The summed E-state index contributed by atoms with van der Waals surface area (Å²) in [5.74, 6) is 0.440. The molecule has 1 aromatic carbocycles. The molecule has 1 aromatic rings. The number of benzene rings is 1. The molecule has 2 saturated heterocycles. The van der Waals surface area contributed by atoms with Crippen LogP contribution in [0.4, 0.5) is 0 Å². The minimum atomic E-state index is -1.65. The summed E-state index contributed by atoms with van der Waals surface area (Å²) in [6, 6.07) is 6.75. The molecule has 6 N–H and O–H groups in total. The lowest BCUT2D eigenvalue weighted by atomic mass is 9.98. The molecule has 33 heavy (non-hydrogen) atoms. The van der Waals surface area contributed by atoms with E-state index in [1.54, 1.807) is 12.1 Å². The molecule has 2 fully saturated rings. The summed E-state index contributed by atoms with van der Waals surface area (Å²) in [6.07, 6.45) is -13.8. The van der Waals surface area contributed by atoms with E-state index in [1.165, 1.54) is 20.1 Å². The van der Waals surface area contributed by atoms with Crippen LogP contribution in [-0.2, 0) is 20.6 Å². The van der Waals surface area contributed by atoms with Crippen molar-refractivity contribution in [2.75, 3.05) is 13.7 Å². The van der Waals surface area contributed by atoms with Crippen LogP contribution >= 0.6 is 0 Å². The Morgan fingerprint density at radius 1 is 0.879 bits per heavy atom. The number of nitrogens with zero attached hydrogens (tertiary/aromatic N) is 1. The van der Waals surface area contributed by atoms with Gasteiger partial charge in [-0.05, 0) is 24.6 Å². The van der Waals surface area contributed by atoms with Gasteiger partial charge in [0.1, 0.15) is 42.7 Å². The highest BCUT2D eigenvalue weighted by molar-refractivity contribution is 5.43. The van der Waals surface area contributed by atoms with Gasteiger partial charge < -0.3 is 54.3 Å². The summed E-state index contributed by atoms with van der Waals surface area (Å²) >= 11 is 0. The van der Waals surface area contributed by atoms with Crippen molar-refractivity contribution in [2.24, 2.45) is 0 Å². The first-order valence-electron chi connectivity index (χ1n) is 10.4. The molecule has 184 valence electrons. The van der Waals surface area contributed by atoms with Crippen molar-refractivity contribution in [3.8, 4) is 17.6 Å². The van der Waals surface area contributed by atoms with Gasteiger partial charge in [-0.1, -0.05) is 6.07 Å². The first-order valence-corrected chi connectivity index (χ1v) is 10.4. The number of aliphatic hydroxyl groups excluding tert-OH is 6. The molecule has 2 heterocycles. The molecule has 3 rings (SSSR count). The van der Waals surface area contributed by atoms with Crippen LogP contribution in [0.5, 0.6) is 11.5 Å². The Balaban J connectivity index is 1.68. The average Bonchev–Trinajstić information content (AvgIpc) is 2.81. The molecular formula is C21H29NO11. The second-order valence-electron chi connectivity index (χ2n) is 7.97. The van der Waals surface area contributed by atoms with Crippen LogP contribution in [0.1, 0.15) is 12.5 Å². The number of methoxy groups -OCH3 is 1. The third kappa shape index (κ3) is 5.55. The molecule has 2 aliphatic rings. The van der Waals surface area contributed by atoms with Gasteiger partial charge in [-0.15, -0.1) is 0 Å². The Hall–Kier alpha value is -2.05. The van der Waals surface area contributed by atoms with Crippen molar-refractivity contribution in [1.82, 2.24) is 0 Å². The van der Waals surface area contributed by atoms with Crippen LogP contribution < -0.4 is 9.47 Å². The minimum Gasteiger partial charge on any atom is -0.493 e. The molecular weight excluding hydrogens is 442 g/mol. The van der Waals surface area contributed by atoms with Crippen LogP contribution in [0.2, 0.25) is 0 Å². The van der Waals surface area contributed by atoms with E-state index in [-0.39, 0.29) is 17.9 Å². The Kier molecular flexibility index (Phi) is 8.46. The monoisotopic (exact) mass is 471 g/mol. The largest absolute Gasteiger partial charge is 0.493 e. The van der Waals surface area contributed by atoms with E-state index in [9.17, 15) is 30.6 Å². The standard InChI is InChI=1S/C21H29NO11/c1-9-14(23)16(25)18(27)20(31-9)30-8-13-15(24)17(26)19(28)21(33-13)32-11-4-3-10(5-6-22)7-12(11)29-2/h3-4,7,9,13-21,23-28H,5,8H2,1-2H3. The zero-order valence-corrected chi connectivity index (χ0v) is 18.1. The Morgan fingerprint density at radius 2 is 1.55 bits per heavy atom. The van der Waals surface area contributed by atoms with Gasteiger partial charge in [0.2, 0.25) is 6.29 Å². The van der Waals surface area contributed by atoms with Gasteiger partial charge in [-0.2, -0.15) is 5.26 Å². The summed E-state index contributed by atoms with van der Waals surface area (Å²) in [5.41, 5.74) is 0.682. The average molecular weight is 471 g/mol. The quantitative estimate of drug-likeness (QED) is 0.252. The van der Waals surface area contributed by atoms with Crippen molar-refractivity contribution >= 4 is 0 Å². The van der Waals surface area contributed by atoms with Crippen LogP contribution in [-0.4, -0.2) is 106 Å². The Bertz CT molecular complexity index is 833. The maximum Gasteiger partial charge on any atom is 0.229 e. The highest BCUT2D eigenvalue weighted by Crippen LogP contribution is 2.32. The topological polar surface area (TPSA) is 191 Å². The van der Waals surface area contributed by atoms with Crippen molar-refractivity contribution < 1.29 is 54.3 Å². The Morgan fingerprint density at radius 3 is 2.21 bits per heavy atom. The zero-order chi connectivity index (χ0) is 24.3. The second-order valence-corrected chi connectivity index (χ2v) is 7.97. The number of ether oxygens (including phenoxy) is 5. The van der Waals surface area contributed by atoms with E-state index in [0.29, 0.717) is 5.56 Å². The van der Waals surface area contributed by atoms with E-state index in [0.717, 1.165) is 0 Å². The molecule has 0 aliphatic carbocycles. The normalized spacial score (nSPS) is 39.0. The van der Waals surface area contributed by atoms with E-state index in [2.05, 4.69) is 0 Å². The number of hydrogen-bond acceptors (Lipinski definition) is 12. The predicted octanol–water partition coefficient (Wildman–Crippen LogP) is -2.21. The number of rotatable bonds is 7. The fraction of sp³-hybridized carbons (Fsp3) is 0.667. The second kappa shape index (κ2) is 10.9. The summed E-state index contributed by atoms with van der Waals surface area (Å²) in [6.45, 7) is 1.08. The fourth-order valence-electron chi connectivity index (χ4n) is 3.63. The zero-order valence-electron chi connectivity index (χ0n) is 18.1. The van der Waals surface area contributed by atoms with Crippen LogP contribution in [0.15, 0.2) is 18.2 Å². The molecule has 0 spiro atoms. The van der Waals surface area contributed by atoms with Gasteiger partial charge >= 0.3 is 0 Å². The van der Waals surface area contributed by atoms with Crippen LogP contribution in [0.25, 0.3) is 0 Å². The number of hydrogen-bond donors (Lipinski definition) is 6. The first kappa shape index (κ1) is 25.6. The van der Waals surface area contributed by atoms with Crippen LogP contribution in [0, 0.1) is 11.3 Å². The van der Waals surface area contributed by atoms with Crippen molar-refractivity contribution in [1.29, 1.82) is 5.26 Å². The third-order valence-electron chi connectivity index (χ3n) is 5.66. The third-order valence-corrected chi connectivity index (χ3v) is 5.66. The molecule has 0 aromatic heterocycles. The van der Waals surface area contributed by atoms with E-state index >= 15 is 0 Å². The molecule has 10 unspecified atom stereocenters. The van der Waals surface area contributed by atoms with Gasteiger partial charge in [-0.3, -0.25) is 0 Å². The highest BCUT2D eigenvalue weighted by atomic mass is 16.7. The maximum absolute atomic E-state index is 10.3. The molecule has 2 aliphatic heterocycles.